The Bertz CT molecular complexity index is 1630. The zero-order valence-electron chi connectivity index (χ0n) is 55.4. The molecule has 3 unspecified atom stereocenters. The molecule has 9 heteroatoms. The van der Waals surface area contributed by atoms with Crippen molar-refractivity contribution in [3.8, 4) is 0 Å². The van der Waals surface area contributed by atoms with E-state index in [1.165, 1.54) is 218 Å². The summed E-state index contributed by atoms with van der Waals surface area (Å²) in [6, 6.07) is -0.769. The fourth-order valence-electron chi connectivity index (χ4n) is 10.4. The second kappa shape index (κ2) is 64.2. The van der Waals surface area contributed by atoms with Crippen molar-refractivity contribution in [3.63, 3.8) is 0 Å². The molecular weight excluding hydrogens is 1040 g/mol. The molecule has 0 fully saturated rings. The fourth-order valence-corrected chi connectivity index (χ4v) is 11.2. The van der Waals surface area contributed by atoms with E-state index in [0.29, 0.717) is 23.9 Å². The predicted molar refractivity (Wildman–Crippen MR) is 364 cm³/mol. The highest BCUT2D eigenvalue weighted by Crippen LogP contribution is 2.43. The van der Waals surface area contributed by atoms with E-state index >= 15 is 0 Å². The Balaban J connectivity index is 4.07. The number of nitrogens with one attached hydrogen (secondary N) is 1. The number of quaternary nitrogens is 1. The van der Waals surface area contributed by atoms with Gasteiger partial charge in [-0.2, -0.15) is 0 Å². The average molecular weight is 1180 g/mol. The molecule has 0 saturated carbocycles. The van der Waals surface area contributed by atoms with E-state index < -0.39 is 20.0 Å². The third kappa shape index (κ3) is 67.1. The second-order valence-corrected chi connectivity index (χ2v) is 26.7. The van der Waals surface area contributed by atoms with Crippen LogP contribution in [0.15, 0.2) is 85.1 Å². The van der Waals surface area contributed by atoms with Gasteiger partial charge in [0.05, 0.1) is 39.9 Å². The maximum Gasteiger partial charge on any atom is 0.472 e. The van der Waals surface area contributed by atoms with Crippen LogP contribution in [0.1, 0.15) is 328 Å². The van der Waals surface area contributed by atoms with E-state index in [4.69, 9.17) is 9.05 Å². The number of phosphoric ester groups is 1. The standard InChI is InChI=1S/C74H137N2O6P/c1-6-8-10-12-14-16-18-20-22-24-26-28-30-32-34-36-37-38-39-40-42-44-46-48-50-52-54-56-58-60-62-64-66-68-74(78)75-72(71-82-83(79,80)81-70-69-76(3,4)5)73(77)67-65-63-61-59-57-55-53-51-49-47-45-43-41-35-33-31-29-27-25-23-21-19-17-15-13-11-9-7-2/h8,10,14,16,20,22,26,28,32,34,37-38,40,42,72-73,77H,6-7,9,11-13,15,17-19,21,23-25,27,29-31,33,35-36,39,41,43-71H2,1-5H3,(H-,75,78,79,80)/p+1/b10-8-,16-14-,22-20-,28-26-,34-32-,38-37-,42-40-. The fraction of sp³-hybridized carbons (Fsp3) is 0.797. The van der Waals surface area contributed by atoms with Crippen LogP contribution in [-0.4, -0.2) is 73.4 Å². The van der Waals surface area contributed by atoms with Gasteiger partial charge < -0.3 is 19.8 Å². The van der Waals surface area contributed by atoms with Crippen LogP contribution in [0.3, 0.4) is 0 Å². The maximum absolute atomic E-state index is 13.1. The van der Waals surface area contributed by atoms with E-state index in [-0.39, 0.29) is 19.1 Å². The number of carbonyl (C=O) groups excluding carboxylic acids is 1. The number of phosphoric acid groups is 1. The SMILES string of the molecule is CC/C=C\C/C=C\C/C=C\C/C=C\C/C=C\C/C=C\C/C=C\CCCCCCCCCCCCCC(=O)NC(COP(=O)(O)OCC[N+](C)(C)C)C(O)CCCCCCCCCCCCCCCCCCCCCCCCCCCCCC. The summed E-state index contributed by atoms with van der Waals surface area (Å²) in [7, 11) is 1.62. The lowest BCUT2D eigenvalue weighted by Crippen LogP contribution is -2.46. The molecule has 3 N–H and O–H groups in total. The number of hydrogen-bond acceptors (Lipinski definition) is 5. The van der Waals surface area contributed by atoms with Gasteiger partial charge in [0, 0.05) is 6.42 Å². The number of hydrogen-bond donors (Lipinski definition) is 3. The number of carbonyl (C=O) groups is 1. The van der Waals surface area contributed by atoms with Crippen LogP contribution < -0.4 is 5.32 Å². The zero-order valence-corrected chi connectivity index (χ0v) is 56.3. The van der Waals surface area contributed by atoms with Crippen molar-refractivity contribution in [1.82, 2.24) is 5.32 Å². The van der Waals surface area contributed by atoms with Crippen molar-refractivity contribution in [2.45, 2.75) is 341 Å². The van der Waals surface area contributed by atoms with E-state index in [9.17, 15) is 19.4 Å². The predicted octanol–water partition coefficient (Wildman–Crippen LogP) is 22.7. The molecule has 3 atom stereocenters. The molecule has 83 heavy (non-hydrogen) atoms. The van der Waals surface area contributed by atoms with Gasteiger partial charge in [-0.3, -0.25) is 13.8 Å². The van der Waals surface area contributed by atoms with Gasteiger partial charge in [-0.15, -0.1) is 0 Å². The van der Waals surface area contributed by atoms with Gasteiger partial charge in [-0.25, -0.2) is 4.57 Å². The Morgan fingerprint density at radius 2 is 0.723 bits per heavy atom. The highest BCUT2D eigenvalue weighted by molar-refractivity contribution is 7.47. The summed E-state index contributed by atoms with van der Waals surface area (Å²) in [5.41, 5.74) is 0. The number of aliphatic hydroxyl groups excluding tert-OH is 1. The lowest BCUT2D eigenvalue weighted by Gasteiger charge is -2.26. The summed E-state index contributed by atoms with van der Waals surface area (Å²) in [4.78, 5) is 23.5. The van der Waals surface area contributed by atoms with E-state index in [1.807, 2.05) is 21.1 Å². The Morgan fingerprint density at radius 3 is 1.06 bits per heavy atom. The summed E-state index contributed by atoms with van der Waals surface area (Å²) < 4.78 is 23.9. The molecule has 1 amide bonds. The molecular formula is C74H138N2O6P+. The van der Waals surface area contributed by atoms with Gasteiger partial charge in [0.1, 0.15) is 13.2 Å². The summed E-state index contributed by atoms with van der Waals surface area (Å²) >= 11 is 0. The molecule has 0 aromatic carbocycles. The van der Waals surface area contributed by atoms with Gasteiger partial charge in [0.2, 0.25) is 5.91 Å². The largest absolute Gasteiger partial charge is 0.472 e. The summed E-state index contributed by atoms with van der Waals surface area (Å²) in [6.07, 6.45) is 91.1. The van der Waals surface area contributed by atoms with Crippen molar-refractivity contribution in [2.24, 2.45) is 0 Å². The molecule has 0 aliphatic carbocycles. The number of rotatable bonds is 65. The Kier molecular flexibility index (Phi) is 62.4. The monoisotopic (exact) mass is 1180 g/mol. The molecule has 0 saturated heterocycles. The van der Waals surface area contributed by atoms with Crippen LogP contribution in [0.2, 0.25) is 0 Å². The molecule has 0 aromatic rings. The molecule has 0 aliphatic heterocycles. The van der Waals surface area contributed by atoms with Crippen molar-refractivity contribution in [1.29, 1.82) is 0 Å². The minimum Gasteiger partial charge on any atom is -0.391 e. The van der Waals surface area contributed by atoms with Crippen LogP contribution in [0.4, 0.5) is 0 Å². The first-order valence-corrected chi connectivity index (χ1v) is 36.9. The first-order chi connectivity index (χ1) is 40.5. The smallest absolute Gasteiger partial charge is 0.391 e. The maximum atomic E-state index is 13.1. The molecule has 0 rings (SSSR count). The number of aliphatic hydroxyl groups is 1. The zero-order chi connectivity index (χ0) is 60.5. The molecule has 0 spiro atoms. The molecule has 8 nitrogen and oxygen atoms in total. The molecule has 0 bridgehead atoms. The lowest BCUT2D eigenvalue weighted by molar-refractivity contribution is -0.870. The van der Waals surface area contributed by atoms with Crippen LogP contribution in [0, 0.1) is 0 Å². The third-order valence-corrected chi connectivity index (χ3v) is 16.9. The van der Waals surface area contributed by atoms with Crippen molar-refractivity contribution in [2.75, 3.05) is 40.9 Å². The van der Waals surface area contributed by atoms with E-state index in [2.05, 4.69) is 104 Å². The number of nitrogens with zero attached hydrogens (tertiary/aromatic N) is 1. The normalized spacial score (nSPS) is 14.2. The Labute approximate surface area is 516 Å². The Morgan fingerprint density at radius 1 is 0.422 bits per heavy atom. The van der Waals surface area contributed by atoms with E-state index in [0.717, 1.165) is 83.5 Å². The van der Waals surface area contributed by atoms with Crippen molar-refractivity contribution in [3.05, 3.63) is 85.1 Å². The first-order valence-electron chi connectivity index (χ1n) is 35.5. The summed E-state index contributed by atoms with van der Waals surface area (Å²) in [6.45, 7) is 4.81. The van der Waals surface area contributed by atoms with Crippen LogP contribution in [0.25, 0.3) is 0 Å². The lowest BCUT2D eigenvalue weighted by atomic mass is 10.0. The third-order valence-electron chi connectivity index (χ3n) is 15.9. The second-order valence-electron chi connectivity index (χ2n) is 25.2. The molecule has 0 aliphatic rings. The molecule has 0 aromatic heterocycles. The minimum atomic E-state index is -4.34. The number of allylic oxidation sites excluding steroid dienone is 14. The van der Waals surface area contributed by atoms with Crippen LogP contribution >= 0.6 is 7.82 Å². The van der Waals surface area contributed by atoms with Crippen LogP contribution in [-0.2, 0) is 18.4 Å². The molecule has 0 heterocycles. The van der Waals surface area contributed by atoms with Gasteiger partial charge in [-0.05, 0) is 70.6 Å². The molecule has 0 radical (unpaired) electrons. The van der Waals surface area contributed by atoms with Gasteiger partial charge in [0.25, 0.3) is 0 Å². The first kappa shape index (κ1) is 80.7. The minimum absolute atomic E-state index is 0.0717. The van der Waals surface area contributed by atoms with E-state index in [1.54, 1.807) is 0 Å². The van der Waals surface area contributed by atoms with Gasteiger partial charge in [-0.1, -0.05) is 336 Å². The number of likely N-dealkylation sites (N-methyl/N-ethyl adjacent to an activating group) is 1. The summed E-state index contributed by atoms with van der Waals surface area (Å²) in [5.74, 6) is -0.146. The highest BCUT2D eigenvalue weighted by Gasteiger charge is 2.28. The van der Waals surface area contributed by atoms with Gasteiger partial charge >= 0.3 is 7.82 Å². The van der Waals surface area contributed by atoms with Crippen LogP contribution in [0.5, 0.6) is 0 Å². The topological polar surface area (TPSA) is 105 Å². The van der Waals surface area contributed by atoms with Crippen molar-refractivity contribution >= 4 is 13.7 Å². The van der Waals surface area contributed by atoms with Gasteiger partial charge in [0.15, 0.2) is 0 Å². The highest BCUT2D eigenvalue weighted by atomic mass is 31.2. The molecule has 484 valence electrons. The number of unbranched alkanes of at least 4 members (excludes halogenated alkanes) is 38. The van der Waals surface area contributed by atoms with Crippen molar-refractivity contribution < 1.29 is 32.9 Å². The quantitative estimate of drug-likeness (QED) is 0.0243. The number of amides is 1. The average Bonchev–Trinajstić information content (AvgIpc) is 3.49. The summed E-state index contributed by atoms with van der Waals surface area (Å²) in [5, 5.41) is 14.2. The Hall–Kier alpha value is -2.32.